The molecule has 0 fully saturated rings. The second-order valence-corrected chi connectivity index (χ2v) is 7.78. The molecule has 3 rings (SSSR count). The molecule has 2 N–H and O–H groups in total. The lowest BCUT2D eigenvalue weighted by Gasteiger charge is -2.12. The Balaban J connectivity index is 0.000000258. The quantitative estimate of drug-likeness (QED) is 0.406. The van der Waals surface area contributed by atoms with Crippen molar-refractivity contribution in [1.29, 1.82) is 5.26 Å². The number of carboxylic acid groups (broad SMARTS) is 1. The number of halogens is 2. The Hall–Kier alpha value is -4.28. The van der Waals surface area contributed by atoms with Crippen LogP contribution in [0.5, 0.6) is 0 Å². The second-order valence-electron chi connectivity index (χ2n) is 7.37. The molecule has 0 bridgehead atoms. The van der Waals surface area contributed by atoms with Crippen molar-refractivity contribution in [2.45, 2.75) is 13.8 Å². The number of hydrogen-bond donors (Lipinski definition) is 2. The van der Waals surface area contributed by atoms with Crippen molar-refractivity contribution in [1.82, 2.24) is 5.32 Å². The van der Waals surface area contributed by atoms with Gasteiger partial charge >= 0.3 is 5.97 Å². The summed E-state index contributed by atoms with van der Waals surface area (Å²) < 4.78 is 13.2. The van der Waals surface area contributed by atoms with Crippen molar-refractivity contribution < 1.29 is 19.1 Å². The van der Waals surface area contributed by atoms with Gasteiger partial charge in [-0.2, -0.15) is 5.26 Å². The summed E-state index contributed by atoms with van der Waals surface area (Å²) in [6.07, 6.45) is 1.76. The highest BCUT2D eigenvalue weighted by atomic mass is 35.5. The summed E-state index contributed by atoms with van der Waals surface area (Å²) in [5.74, 6) is -2.54. The van der Waals surface area contributed by atoms with Crippen LogP contribution in [-0.4, -0.2) is 30.2 Å². The zero-order valence-corrected chi connectivity index (χ0v) is 20.0. The van der Waals surface area contributed by atoms with E-state index in [9.17, 15) is 14.0 Å². The molecule has 178 valence electrons. The number of rotatable bonds is 6. The molecular formula is C27H23ClFN3O3. The van der Waals surface area contributed by atoms with Crippen LogP contribution in [0.2, 0.25) is 5.02 Å². The normalized spacial score (nSPS) is 9.80. The average molecular weight is 492 g/mol. The van der Waals surface area contributed by atoms with Crippen molar-refractivity contribution in [2.24, 2.45) is 4.99 Å². The first-order chi connectivity index (χ1) is 16.6. The van der Waals surface area contributed by atoms with Gasteiger partial charge in [-0.25, -0.2) is 4.39 Å². The van der Waals surface area contributed by atoms with Gasteiger partial charge in [-0.15, -0.1) is 0 Å². The minimum absolute atomic E-state index is 0.112. The molecule has 0 aliphatic rings. The molecule has 6 nitrogen and oxygen atoms in total. The van der Waals surface area contributed by atoms with E-state index in [4.69, 9.17) is 22.0 Å². The first-order valence-corrected chi connectivity index (χ1v) is 10.7. The Morgan fingerprint density at radius 3 is 2.40 bits per heavy atom. The highest BCUT2D eigenvalue weighted by Gasteiger charge is 2.15. The molecule has 8 heteroatoms. The van der Waals surface area contributed by atoms with E-state index in [0.717, 1.165) is 34.0 Å². The third-order valence-corrected chi connectivity index (χ3v) is 5.35. The van der Waals surface area contributed by atoms with Gasteiger partial charge in [0, 0.05) is 21.7 Å². The molecule has 0 atom stereocenters. The Bertz CT molecular complexity index is 1330. The van der Waals surface area contributed by atoms with E-state index < -0.39 is 24.2 Å². The number of aliphatic imine (C=N–C) groups is 1. The summed E-state index contributed by atoms with van der Waals surface area (Å²) in [5.41, 5.74) is 5.38. The number of amides is 1. The number of benzene rings is 3. The number of aryl methyl sites for hydroxylation is 2. The molecule has 0 radical (unpaired) electrons. The number of aliphatic carboxylic acids is 1. The van der Waals surface area contributed by atoms with Gasteiger partial charge in [-0.1, -0.05) is 54.6 Å². The van der Waals surface area contributed by atoms with Crippen LogP contribution in [0.15, 0.2) is 60.1 Å². The third kappa shape index (κ3) is 6.62. The van der Waals surface area contributed by atoms with E-state index in [1.54, 1.807) is 31.2 Å². The van der Waals surface area contributed by atoms with Crippen LogP contribution in [0.4, 0.5) is 10.1 Å². The fraction of sp³-hybridized carbons (Fsp3) is 0.111. The topological polar surface area (TPSA) is 103 Å². The summed E-state index contributed by atoms with van der Waals surface area (Å²) in [6, 6.07) is 15.5. The summed E-state index contributed by atoms with van der Waals surface area (Å²) in [4.78, 5) is 25.7. The van der Waals surface area contributed by atoms with Crippen LogP contribution in [0.1, 0.15) is 32.6 Å². The smallest absolute Gasteiger partial charge is 0.322 e. The third-order valence-electron chi connectivity index (χ3n) is 5.03. The number of carbonyl (C=O) groups excluding carboxylic acids is 1. The van der Waals surface area contributed by atoms with Crippen molar-refractivity contribution in [3.63, 3.8) is 0 Å². The number of hydrogen-bond acceptors (Lipinski definition) is 4. The monoisotopic (exact) mass is 491 g/mol. The van der Waals surface area contributed by atoms with Crippen LogP contribution >= 0.6 is 11.6 Å². The van der Waals surface area contributed by atoms with Gasteiger partial charge in [-0.3, -0.25) is 14.6 Å². The lowest BCUT2D eigenvalue weighted by Crippen LogP contribution is -2.30. The molecule has 0 saturated heterocycles. The molecule has 1 amide bonds. The average Bonchev–Trinajstić information content (AvgIpc) is 2.82. The Kier molecular flexibility index (Phi) is 9.44. The van der Waals surface area contributed by atoms with Crippen LogP contribution in [-0.2, 0) is 4.79 Å². The SMILES string of the molecule is C=Cc1c(C)ccc(-c2ccc(C#N)cc2Cl)c1N=C.Cc1cccc(F)c1C(=O)NCC(=O)O. The summed E-state index contributed by atoms with van der Waals surface area (Å²) >= 11 is 6.27. The molecule has 0 aliphatic heterocycles. The van der Waals surface area contributed by atoms with Crippen LogP contribution in [0.3, 0.4) is 0 Å². The zero-order chi connectivity index (χ0) is 26.1. The van der Waals surface area contributed by atoms with Crippen molar-refractivity contribution in [2.75, 3.05) is 6.54 Å². The fourth-order valence-electron chi connectivity index (χ4n) is 3.32. The van der Waals surface area contributed by atoms with Gasteiger partial charge in [0.25, 0.3) is 5.91 Å². The molecule has 35 heavy (non-hydrogen) atoms. The Labute approximate surface area is 208 Å². The predicted octanol–water partition coefficient (Wildman–Crippen LogP) is 6.11. The van der Waals surface area contributed by atoms with E-state index in [2.05, 4.69) is 29.7 Å². The summed E-state index contributed by atoms with van der Waals surface area (Å²) in [7, 11) is 0. The lowest BCUT2D eigenvalue weighted by molar-refractivity contribution is -0.135. The van der Waals surface area contributed by atoms with Gasteiger partial charge in [-0.05, 0) is 49.9 Å². The minimum Gasteiger partial charge on any atom is -0.480 e. The Morgan fingerprint density at radius 1 is 1.17 bits per heavy atom. The molecule has 0 saturated carbocycles. The molecule has 0 unspecified atom stereocenters. The van der Waals surface area contributed by atoms with Crippen molar-refractivity contribution >= 4 is 42.0 Å². The minimum atomic E-state index is -1.17. The Morgan fingerprint density at radius 2 is 1.86 bits per heavy atom. The summed E-state index contributed by atoms with van der Waals surface area (Å²) in [5, 5.41) is 19.9. The van der Waals surface area contributed by atoms with E-state index in [1.165, 1.54) is 6.07 Å². The van der Waals surface area contributed by atoms with Crippen LogP contribution in [0, 0.1) is 31.0 Å². The molecule has 3 aromatic rings. The highest BCUT2D eigenvalue weighted by molar-refractivity contribution is 6.33. The van der Waals surface area contributed by atoms with Crippen LogP contribution in [0.25, 0.3) is 17.2 Å². The summed E-state index contributed by atoms with van der Waals surface area (Å²) in [6.45, 7) is 10.5. The molecule has 0 spiro atoms. The molecule has 0 aliphatic carbocycles. The van der Waals surface area contributed by atoms with Crippen molar-refractivity contribution in [3.05, 3.63) is 93.8 Å². The molecule has 3 aromatic carbocycles. The molecule has 0 heterocycles. The maximum Gasteiger partial charge on any atom is 0.322 e. The van der Waals surface area contributed by atoms with E-state index >= 15 is 0 Å². The lowest BCUT2D eigenvalue weighted by atomic mass is 9.96. The first kappa shape index (κ1) is 27.0. The number of nitrogens with zero attached hydrogens (tertiary/aromatic N) is 2. The van der Waals surface area contributed by atoms with Gasteiger partial charge in [0.1, 0.15) is 12.4 Å². The predicted molar refractivity (Wildman–Crippen MR) is 137 cm³/mol. The zero-order valence-electron chi connectivity index (χ0n) is 19.2. The van der Waals surface area contributed by atoms with Gasteiger partial charge in [0.05, 0.1) is 22.9 Å². The number of nitriles is 1. The number of carboxylic acids is 1. The molecular weight excluding hydrogens is 469 g/mol. The number of carbonyl (C=O) groups is 2. The second kappa shape index (κ2) is 12.3. The van der Waals surface area contributed by atoms with Crippen molar-refractivity contribution in [3.8, 4) is 17.2 Å². The van der Waals surface area contributed by atoms with Gasteiger partial charge < -0.3 is 10.4 Å². The van der Waals surface area contributed by atoms with Crippen LogP contribution < -0.4 is 5.32 Å². The molecule has 0 aromatic heterocycles. The van der Waals surface area contributed by atoms with Gasteiger partial charge in [0.2, 0.25) is 0 Å². The highest BCUT2D eigenvalue weighted by Crippen LogP contribution is 2.39. The largest absolute Gasteiger partial charge is 0.480 e. The van der Waals surface area contributed by atoms with Gasteiger partial charge in [0.15, 0.2) is 0 Å². The first-order valence-electron chi connectivity index (χ1n) is 10.3. The number of nitrogens with one attached hydrogen (secondary N) is 1. The maximum atomic E-state index is 13.2. The van der Waals surface area contributed by atoms with E-state index in [-0.39, 0.29) is 5.56 Å². The maximum absolute atomic E-state index is 13.2. The van der Waals surface area contributed by atoms with E-state index in [0.29, 0.717) is 16.1 Å². The van der Waals surface area contributed by atoms with E-state index in [1.807, 2.05) is 25.1 Å². The fourth-order valence-corrected chi connectivity index (χ4v) is 3.60. The standard InChI is InChI=1S/C17H13ClN2.C10H10FNO3/c1-4-13-11(2)5-7-15(17(13)20-3)14-8-6-12(10-19)9-16(14)18;1-6-3-2-4-7(11)9(6)10(15)12-5-8(13)14/h4-9H,1,3H2,2H3;2-4H,5H2,1H3,(H,12,15)(H,13,14).